The summed E-state index contributed by atoms with van der Waals surface area (Å²) in [5, 5.41) is 9.59. The van der Waals surface area contributed by atoms with Crippen molar-refractivity contribution in [2.75, 3.05) is 0 Å². The van der Waals surface area contributed by atoms with Gasteiger partial charge in [0.05, 0.1) is 17.6 Å². The summed E-state index contributed by atoms with van der Waals surface area (Å²) in [6.45, 7) is 51.4. The van der Waals surface area contributed by atoms with Gasteiger partial charge in [-0.1, -0.05) is 153 Å². The van der Waals surface area contributed by atoms with Crippen LogP contribution in [0.5, 0.6) is 0 Å². The number of benzene rings is 8. The minimum Gasteiger partial charge on any atom is -0.257 e. The standard InChI is InChI=1S/C30H37N4.C28H33N4.C28H30N3.C24H25N4/c1-18-13-19(2)20(3)24(14-18)25-16-23-15-21(11-12-22(23)17-34(25)10)26-31-27(29(4,5)6)33-28(32-26)30(7,8)9;1-16(2)26-29-27(17(3)4)31-28(30-26)21-9-10-22-15-32(8)25(14-23(22)13-21)24-12-18(5)11-19(6)20(24)7;1-18-11-19(2)20(3)25(12-18)28-14-24-13-22(9-10-23(24)17-31(28)4)27-16-29-26(15-30-27)21-7-5-6-8-21;1-14-9-15(2)16(3)22(10-14)23-12-21-11-19(7-8-20(21)13-28(23)6)24-26-17(4)25-18(5)27-24/h11-17H,1-10H3;9-17H,1-8H3;9-17,21H,5-8H2,1-4H3;7-13H,1-6H3/q4*+1. The minimum absolute atomic E-state index is 0.157. The summed E-state index contributed by atoms with van der Waals surface area (Å²) < 4.78 is 8.89. The monoisotopic (exact) mass is 1660 g/mol. The molecule has 1 fully saturated rings. The second kappa shape index (κ2) is 36.0. The zero-order valence-electron chi connectivity index (χ0n) is 79.1. The summed E-state index contributed by atoms with van der Waals surface area (Å²) in [6, 6.07) is 53.2. The Kier molecular flexibility index (Phi) is 25.6. The van der Waals surface area contributed by atoms with Crippen molar-refractivity contribution in [2.45, 2.75) is 220 Å². The van der Waals surface area contributed by atoms with Crippen LogP contribution in [0.2, 0.25) is 0 Å². The number of fused-ring (bicyclic) bond motifs is 4. The van der Waals surface area contributed by atoms with E-state index in [1.54, 1.807) is 0 Å². The van der Waals surface area contributed by atoms with Crippen molar-refractivity contribution in [3.05, 3.63) is 290 Å². The maximum absolute atomic E-state index is 4.90. The molecule has 0 bridgehead atoms. The van der Waals surface area contributed by atoms with Gasteiger partial charge in [-0.25, -0.2) is 63.1 Å². The highest BCUT2D eigenvalue weighted by Gasteiger charge is 2.29. The zero-order chi connectivity index (χ0) is 89.7. The van der Waals surface area contributed by atoms with Crippen molar-refractivity contribution in [3.8, 4) is 90.5 Å². The molecule has 16 aromatic rings. The van der Waals surface area contributed by atoms with E-state index in [1.807, 2.05) is 26.2 Å². The Labute approximate surface area is 740 Å². The molecule has 0 radical (unpaired) electrons. The van der Waals surface area contributed by atoms with Gasteiger partial charge >= 0.3 is 0 Å². The first-order valence-corrected chi connectivity index (χ1v) is 44.3. The van der Waals surface area contributed by atoms with Gasteiger partial charge in [-0.2, -0.15) is 0 Å². The first kappa shape index (κ1) is 88.8. The molecule has 0 atom stereocenters. The van der Waals surface area contributed by atoms with E-state index in [0.29, 0.717) is 5.92 Å². The van der Waals surface area contributed by atoms with Gasteiger partial charge in [0.1, 0.15) is 63.1 Å². The third kappa shape index (κ3) is 19.7. The molecular weight excluding hydrogens is 1530 g/mol. The van der Waals surface area contributed by atoms with E-state index in [1.165, 1.54) is 181 Å². The number of pyridine rings is 4. The van der Waals surface area contributed by atoms with E-state index in [0.717, 1.165) is 86.1 Å². The fourth-order valence-electron chi connectivity index (χ4n) is 17.1. The molecule has 125 heavy (non-hydrogen) atoms. The normalized spacial score (nSPS) is 12.5. The van der Waals surface area contributed by atoms with Crippen molar-refractivity contribution in [1.82, 2.24) is 54.8 Å². The lowest BCUT2D eigenvalue weighted by Crippen LogP contribution is -2.30. The van der Waals surface area contributed by atoms with Crippen molar-refractivity contribution in [2.24, 2.45) is 28.2 Å². The van der Waals surface area contributed by atoms with Crippen LogP contribution in [0.3, 0.4) is 0 Å². The third-order valence-electron chi connectivity index (χ3n) is 24.8. The first-order chi connectivity index (χ1) is 59.2. The maximum Gasteiger partial charge on any atom is 0.213 e. The van der Waals surface area contributed by atoms with Crippen molar-refractivity contribution < 1.29 is 18.3 Å². The van der Waals surface area contributed by atoms with Crippen LogP contribution in [0.1, 0.15) is 220 Å². The van der Waals surface area contributed by atoms with Gasteiger partial charge in [-0.3, -0.25) is 9.97 Å². The minimum atomic E-state index is -0.157. The molecule has 0 spiro atoms. The lowest BCUT2D eigenvalue weighted by molar-refractivity contribution is -0.659. The number of rotatable bonds is 11. The van der Waals surface area contributed by atoms with E-state index >= 15 is 0 Å². The van der Waals surface area contributed by atoms with Gasteiger partial charge < -0.3 is 0 Å². The summed E-state index contributed by atoms with van der Waals surface area (Å²) in [7, 11) is 8.48. The maximum atomic E-state index is 4.90. The number of hydrogen-bond donors (Lipinski definition) is 0. The average molecular weight is 1660 g/mol. The molecule has 636 valence electrons. The summed E-state index contributed by atoms with van der Waals surface area (Å²) in [5.74, 6) is 8.18. The summed E-state index contributed by atoms with van der Waals surface area (Å²) in [4.78, 5) is 51.8. The molecule has 0 unspecified atom stereocenters. The molecule has 0 saturated heterocycles. The largest absolute Gasteiger partial charge is 0.257 e. The quantitative estimate of drug-likeness (QED) is 0.114. The van der Waals surface area contributed by atoms with Crippen LogP contribution < -0.4 is 18.3 Å². The Morgan fingerprint density at radius 2 is 0.608 bits per heavy atom. The highest BCUT2D eigenvalue weighted by molar-refractivity contribution is 5.92. The molecule has 17 rings (SSSR count). The van der Waals surface area contributed by atoms with Gasteiger partial charge in [-0.15, -0.1) is 0 Å². The molecule has 8 heterocycles. The van der Waals surface area contributed by atoms with Gasteiger partial charge in [-0.05, 0) is 249 Å². The summed E-state index contributed by atoms with van der Waals surface area (Å²) >= 11 is 0. The fourth-order valence-corrected chi connectivity index (χ4v) is 17.1. The number of aryl methyl sites for hydroxylation is 14. The van der Waals surface area contributed by atoms with Crippen molar-refractivity contribution >= 4 is 43.1 Å². The topological polar surface area (TPSA) is 157 Å². The molecule has 0 aliphatic heterocycles. The molecule has 1 saturated carbocycles. The third-order valence-corrected chi connectivity index (χ3v) is 24.8. The molecule has 8 aromatic heterocycles. The van der Waals surface area contributed by atoms with E-state index in [2.05, 4.69) is 389 Å². The molecule has 15 nitrogen and oxygen atoms in total. The van der Waals surface area contributed by atoms with E-state index in [9.17, 15) is 0 Å². The van der Waals surface area contributed by atoms with Gasteiger partial charge in [0.25, 0.3) is 0 Å². The Balaban J connectivity index is 0.000000136. The first-order valence-electron chi connectivity index (χ1n) is 44.3. The molecule has 0 amide bonds. The molecule has 15 heteroatoms. The molecule has 1 aliphatic carbocycles. The van der Waals surface area contributed by atoms with Gasteiger partial charge in [0.2, 0.25) is 22.8 Å². The van der Waals surface area contributed by atoms with Crippen molar-refractivity contribution in [3.63, 3.8) is 0 Å². The second-order valence-corrected chi connectivity index (χ2v) is 38.0. The van der Waals surface area contributed by atoms with Crippen molar-refractivity contribution in [1.29, 1.82) is 0 Å². The van der Waals surface area contributed by atoms with E-state index in [4.69, 9.17) is 34.9 Å². The Bertz CT molecular complexity index is 6780. The Morgan fingerprint density at radius 3 is 0.912 bits per heavy atom. The van der Waals surface area contributed by atoms with Crippen LogP contribution in [-0.4, -0.2) is 54.8 Å². The lowest BCUT2D eigenvalue weighted by Gasteiger charge is -2.22. The summed E-state index contributed by atoms with van der Waals surface area (Å²) in [6.07, 6.45) is 17.9. The Morgan fingerprint density at radius 1 is 0.304 bits per heavy atom. The smallest absolute Gasteiger partial charge is 0.213 e. The van der Waals surface area contributed by atoms with Crippen LogP contribution in [0.15, 0.2) is 183 Å². The van der Waals surface area contributed by atoms with Gasteiger partial charge in [0.15, 0.2) is 42.3 Å². The predicted molar refractivity (Wildman–Crippen MR) is 513 cm³/mol. The highest BCUT2D eigenvalue weighted by atomic mass is 15.1. The SMILES string of the molecule is Cc1cc(C)c(C)c(-c2cc3cc(-c4cnc(C5CCCC5)cn4)ccc3c[n+]2C)c1.Cc1cc(C)c(C)c(-c2cc3cc(-c4nc(C(C)(C)C)nc(C(C)(C)C)n4)ccc3c[n+]2C)c1.Cc1cc(C)c(C)c(-c2cc3cc(-c4nc(C(C)C)nc(C(C)C)n4)ccc3c[n+]2C)c1.Cc1cc(C)c(C)c(-c2cc3cc(-c4nc(C)nc(C)n4)ccc3c[n+]2C)c1. The van der Waals surface area contributed by atoms with Crippen LogP contribution >= 0.6 is 0 Å². The Hall–Kier alpha value is -12.5. The lowest BCUT2D eigenvalue weighted by atomic mass is 9.93. The van der Waals surface area contributed by atoms with Crippen LogP contribution in [0, 0.1) is 96.9 Å². The second-order valence-electron chi connectivity index (χ2n) is 38.0. The molecule has 8 aromatic carbocycles. The average Bonchev–Trinajstić information content (AvgIpc) is 0.841. The van der Waals surface area contributed by atoms with Gasteiger partial charge in [0, 0.05) is 125 Å². The van der Waals surface area contributed by atoms with Crippen LogP contribution in [-0.2, 0) is 39.0 Å². The molecular formula is C110H125N15+4. The van der Waals surface area contributed by atoms with Crippen LogP contribution in [0.4, 0.5) is 0 Å². The summed E-state index contributed by atoms with van der Waals surface area (Å²) in [5.41, 5.74) is 31.7. The van der Waals surface area contributed by atoms with E-state index in [-0.39, 0.29) is 22.7 Å². The predicted octanol–water partition coefficient (Wildman–Crippen LogP) is 24.2. The number of aromatic nitrogens is 15. The molecule has 0 N–H and O–H groups in total. The highest BCUT2D eigenvalue weighted by Crippen LogP contribution is 2.38. The number of hydrogen-bond acceptors (Lipinski definition) is 11. The number of nitrogens with zero attached hydrogens (tertiary/aromatic N) is 15. The van der Waals surface area contributed by atoms with E-state index < -0.39 is 0 Å². The van der Waals surface area contributed by atoms with Crippen LogP contribution in [0.25, 0.3) is 134 Å². The fraction of sp³-hybridized carbons (Fsp3) is 0.336. The zero-order valence-corrected chi connectivity index (χ0v) is 79.1. The molecule has 1 aliphatic rings.